The summed E-state index contributed by atoms with van der Waals surface area (Å²) in [7, 11) is 0. The normalized spacial score (nSPS) is 15.8. The lowest BCUT2D eigenvalue weighted by molar-refractivity contribution is -0.274. The Hall–Kier alpha value is -2.05. The second-order valence-electron chi connectivity index (χ2n) is 5.38. The minimum atomic E-state index is -4.79. The lowest BCUT2D eigenvalue weighted by atomic mass is 9.92. The molecule has 0 saturated heterocycles. The minimum Gasteiger partial charge on any atom is -0.465 e. The fourth-order valence-corrected chi connectivity index (χ4v) is 2.30. The SMILES string of the molecule is CCOC(=O)C(Cc1cccc(OC(F)(F)F)c1)C(=O)C1CC1. The zero-order valence-electron chi connectivity index (χ0n) is 12.6. The lowest BCUT2D eigenvalue weighted by Crippen LogP contribution is -2.29. The zero-order valence-corrected chi connectivity index (χ0v) is 12.6. The second kappa shape index (κ2) is 7.02. The molecule has 0 bridgehead atoms. The molecule has 1 unspecified atom stereocenters. The van der Waals surface area contributed by atoms with Gasteiger partial charge in [-0.2, -0.15) is 0 Å². The number of benzene rings is 1. The van der Waals surface area contributed by atoms with Crippen LogP contribution in [0.15, 0.2) is 24.3 Å². The average molecular weight is 330 g/mol. The van der Waals surface area contributed by atoms with Gasteiger partial charge < -0.3 is 9.47 Å². The Labute approximate surface area is 131 Å². The first-order chi connectivity index (χ1) is 10.8. The van der Waals surface area contributed by atoms with Crippen LogP contribution in [0.25, 0.3) is 0 Å². The average Bonchev–Trinajstić information content (AvgIpc) is 3.27. The molecule has 126 valence electrons. The Morgan fingerprint density at radius 2 is 2.00 bits per heavy atom. The van der Waals surface area contributed by atoms with Crippen molar-refractivity contribution in [1.82, 2.24) is 0 Å². The van der Waals surface area contributed by atoms with Gasteiger partial charge in [-0.1, -0.05) is 12.1 Å². The Balaban J connectivity index is 2.13. The van der Waals surface area contributed by atoms with E-state index >= 15 is 0 Å². The number of Topliss-reactive ketones (excluding diaryl/α,β-unsaturated/α-hetero) is 1. The number of alkyl halides is 3. The molecule has 0 aromatic heterocycles. The van der Waals surface area contributed by atoms with E-state index in [9.17, 15) is 22.8 Å². The Kier molecular flexibility index (Phi) is 5.28. The van der Waals surface area contributed by atoms with Gasteiger partial charge in [-0.15, -0.1) is 13.2 Å². The van der Waals surface area contributed by atoms with E-state index < -0.39 is 18.2 Å². The maximum Gasteiger partial charge on any atom is 0.573 e. The van der Waals surface area contributed by atoms with Crippen LogP contribution in [0, 0.1) is 11.8 Å². The van der Waals surface area contributed by atoms with Crippen molar-refractivity contribution in [3.05, 3.63) is 29.8 Å². The summed E-state index contributed by atoms with van der Waals surface area (Å²) >= 11 is 0. The molecule has 1 fully saturated rings. The summed E-state index contributed by atoms with van der Waals surface area (Å²) in [5.41, 5.74) is 0.416. The van der Waals surface area contributed by atoms with Crippen LogP contribution in [0.2, 0.25) is 0 Å². The van der Waals surface area contributed by atoms with Gasteiger partial charge in [0, 0.05) is 5.92 Å². The van der Waals surface area contributed by atoms with Crippen LogP contribution in [0.4, 0.5) is 13.2 Å². The van der Waals surface area contributed by atoms with E-state index in [1.165, 1.54) is 18.2 Å². The summed E-state index contributed by atoms with van der Waals surface area (Å²) in [5.74, 6) is -2.34. The van der Waals surface area contributed by atoms with Gasteiger partial charge in [0.05, 0.1) is 6.61 Å². The van der Waals surface area contributed by atoms with Crippen molar-refractivity contribution in [2.45, 2.75) is 32.5 Å². The van der Waals surface area contributed by atoms with E-state index in [1.807, 2.05) is 0 Å². The Morgan fingerprint density at radius 1 is 1.30 bits per heavy atom. The molecule has 1 saturated carbocycles. The summed E-state index contributed by atoms with van der Waals surface area (Å²) in [6.07, 6.45) is -3.30. The van der Waals surface area contributed by atoms with Crippen LogP contribution in [0.3, 0.4) is 0 Å². The molecule has 1 aliphatic carbocycles. The molecule has 0 radical (unpaired) electrons. The first kappa shape index (κ1) is 17.3. The molecule has 1 atom stereocenters. The van der Waals surface area contributed by atoms with E-state index in [4.69, 9.17) is 4.74 Å². The number of rotatable bonds is 7. The zero-order chi connectivity index (χ0) is 17.0. The van der Waals surface area contributed by atoms with Gasteiger partial charge >= 0.3 is 12.3 Å². The highest BCUT2D eigenvalue weighted by atomic mass is 19.4. The van der Waals surface area contributed by atoms with Crippen molar-refractivity contribution in [3.63, 3.8) is 0 Å². The number of ketones is 1. The summed E-state index contributed by atoms with van der Waals surface area (Å²) < 4.78 is 45.5. The maximum atomic E-state index is 12.3. The third kappa shape index (κ3) is 5.26. The standard InChI is InChI=1S/C16H17F3O4/c1-2-22-15(21)13(14(20)11-6-7-11)9-10-4-3-5-12(8-10)23-16(17,18)19/h3-5,8,11,13H,2,6-7,9H2,1H3. The van der Waals surface area contributed by atoms with Gasteiger partial charge in [-0.25, -0.2) is 0 Å². The number of ether oxygens (including phenoxy) is 2. The van der Waals surface area contributed by atoms with E-state index in [0.717, 1.165) is 12.8 Å². The molecule has 0 aliphatic heterocycles. The van der Waals surface area contributed by atoms with Gasteiger partial charge in [0.15, 0.2) is 5.78 Å². The third-order valence-corrected chi connectivity index (χ3v) is 3.47. The van der Waals surface area contributed by atoms with Crippen molar-refractivity contribution in [3.8, 4) is 5.75 Å². The van der Waals surface area contributed by atoms with Crippen LogP contribution in [0.1, 0.15) is 25.3 Å². The summed E-state index contributed by atoms with van der Waals surface area (Å²) in [6.45, 7) is 1.78. The highest BCUT2D eigenvalue weighted by Crippen LogP contribution is 2.34. The first-order valence-electron chi connectivity index (χ1n) is 7.35. The first-order valence-corrected chi connectivity index (χ1v) is 7.35. The van der Waals surface area contributed by atoms with Crippen molar-refractivity contribution >= 4 is 11.8 Å². The van der Waals surface area contributed by atoms with Crippen LogP contribution in [0.5, 0.6) is 5.75 Å². The summed E-state index contributed by atoms with van der Waals surface area (Å²) in [4.78, 5) is 24.2. The Morgan fingerprint density at radius 3 is 2.57 bits per heavy atom. The smallest absolute Gasteiger partial charge is 0.465 e. The fourth-order valence-electron chi connectivity index (χ4n) is 2.30. The molecule has 2 rings (SSSR count). The molecule has 0 spiro atoms. The highest BCUT2D eigenvalue weighted by Gasteiger charge is 2.39. The predicted molar refractivity (Wildman–Crippen MR) is 74.7 cm³/mol. The van der Waals surface area contributed by atoms with Gasteiger partial charge in [0.1, 0.15) is 11.7 Å². The molecule has 0 N–H and O–H groups in total. The van der Waals surface area contributed by atoms with Gasteiger partial charge in [-0.3, -0.25) is 9.59 Å². The van der Waals surface area contributed by atoms with Crippen molar-refractivity contribution in [1.29, 1.82) is 0 Å². The van der Waals surface area contributed by atoms with Crippen molar-refractivity contribution < 1.29 is 32.2 Å². The molecule has 1 aliphatic rings. The van der Waals surface area contributed by atoms with Crippen LogP contribution >= 0.6 is 0 Å². The second-order valence-corrected chi connectivity index (χ2v) is 5.38. The van der Waals surface area contributed by atoms with Crippen molar-refractivity contribution in [2.24, 2.45) is 11.8 Å². The number of halogens is 3. The molecule has 0 amide bonds. The van der Waals surface area contributed by atoms with Gasteiger partial charge in [0.25, 0.3) is 0 Å². The van der Waals surface area contributed by atoms with Crippen LogP contribution in [-0.4, -0.2) is 24.7 Å². The van der Waals surface area contributed by atoms with Gasteiger partial charge in [0.2, 0.25) is 0 Å². The summed E-state index contributed by atoms with van der Waals surface area (Å²) in [5, 5.41) is 0. The maximum absolute atomic E-state index is 12.3. The van der Waals surface area contributed by atoms with E-state index in [0.29, 0.717) is 5.56 Å². The molecule has 1 aromatic rings. The largest absolute Gasteiger partial charge is 0.573 e. The highest BCUT2D eigenvalue weighted by molar-refractivity contribution is 6.01. The number of esters is 1. The third-order valence-electron chi connectivity index (χ3n) is 3.47. The summed E-state index contributed by atoms with van der Waals surface area (Å²) in [6, 6.07) is 5.29. The molecule has 1 aromatic carbocycles. The fraction of sp³-hybridized carbons (Fsp3) is 0.500. The number of hydrogen-bond donors (Lipinski definition) is 0. The van der Waals surface area contributed by atoms with Crippen molar-refractivity contribution in [2.75, 3.05) is 6.61 Å². The quantitative estimate of drug-likeness (QED) is 0.569. The van der Waals surface area contributed by atoms with Crippen LogP contribution < -0.4 is 4.74 Å². The van der Waals surface area contributed by atoms with E-state index in [1.54, 1.807) is 13.0 Å². The topological polar surface area (TPSA) is 52.6 Å². The number of carbonyl (C=O) groups is 2. The molecular formula is C16H17F3O4. The van der Waals surface area contributed by atoms with E-state index in [-0.39, 0.29) is 30.5 Å². The predicted octanol–water partition coefficient (Wildman–Crippen LogP) is 3.29. The van der Waals surface area contributed by atoms with Crippen LogP contribution in [-0.2, 0) is 20.7 Å². The monoisotopic (exact) mass is 330 g/mol. The molecule has 23 heavy (non-hydrogen) atoms. The number of hydrogen-bond acceptors (Lipinski definition) is 4. The number of carbonyl (C=O) groups excluding carboxylic acids is 2. The lowest BCUT2D eigenvalue weighted by Gasteiger charge is -2.15. The Bertz CT molecular complexity index is 579. The molecule has 7 heteroatoms. The molecule has 4 nitrogen and oxygen atoms in total. The minimum absolute atomic E-state index is 0.00320. The molecule has 0 heterocycles. The molecular weight excluding hydrogens is 313 g/mol. The van der Waals surface area contributed by atoms with Gasteiger partial charge in [-0.05, 0) is 43.9 Å². The van der Waals surface area contributed by atoms with E-state index in [2.05, 4.69) is 4.74 Å².